The van der Waals surface area contributed by atoms with Gasteiger partial charge in [0, 0.05) is 23.9 Å². The lowest BCUT2D eigenvalue weighted by Crippen LogP contribution is -2.31. The molecule has 3 heterocycles. The average Bonchev–Trinajstić information content (AvgIpc) is 3.08. The second-order valence-corrected chi connectivity index (χ2v) is 6.79. The highest BCUT2D eigenvalue weighted by Gasteiger charge is 2.22. The van der Waals surface area contributed by atoms with E-state index in [9.17, 15) is 4.79 Å². The van der Waals surface area contributed by atoms with Gasteiger partial charge >= 0.3 is 0 Å². The van der Waals surface area contributed by atoms with Crippen molar-refractivity contribution >= 4 is 23.1 Å². The fraction of sp³-hybridized carbons (Fsp3) is 0.158. The molecule has 126 valence electrons. The summed E-state index contributed by atoms with van der Waals surface area (Å²) in [4.78, 5) is 19.4. The van der Waals surface area contributed by atoms with Crippen molar-refractivity contribution in [2.75, 3.05) is 18.9 Å². The maximum Gasteiger partial charge on any atom is 0.264 e. The van der Waals surface area contributed by atoms with Crippen LogP contribution in [0.1, 0.15) is 15.2 Å². The molecular formula is C19H17N3O2S. The number of anilines is 1. The van der Waals surface area contributed by atoms with Crippen LogP contribution in [0.4, 0.5) is 5.82 Å². The standard InChI is InChI=1S/C19H17N3O2S/c20-18-6-4-14(11-21-18)13-3-5-16-15(10-13)12-22(7-8-24-16)19(23)17-2-1-9-25-17/h1-6,9-11H,7-8,12H2,(H2,20,21). The molecule has 25 heavy (non-hydrogen) atoms. The van der Waals surface area contributed by atoms with Gasteiger partial charge in [-0.2, -0.15) is 0 Å². The molecular weight excluding hydrogens is 334 g/mol. The Morgan fingerprint density at radius 2 is 2.08 bits per heavy atom. The summed E-state index contributed by atoms with van der Waals surface area (Å²) in [6, 6.07) is 13.5. The van der Waals surface area contributed by atoms with E-state index < -0.39 is 0 Å². The maximum absolute atomic E-state index is 12.7. The number of nitrogen functional groups attached to an aromatic ring is 1. The molecule has 4 rings (SSSR count). The number of aromatic nitrogens is 1. The first kappa shape index (κ1) is 15.7. The maximum atomic E-state index is 12.7. The van der Waals surface area contributed by atoms with Gasteiger partial charge in [-0.25, -0.2) is 4.98 Å². The summed E-state index contributed by atoms with van der Waals surface area (Å²) in [5.41, 5.74) is 8.67. The number of rotatable bonds is 2. The Hall–Kier alpha value is -2.86. The molecule has 0 bridgehead atoms. The Bertz CT molecular complexity index is 892. The van der Waals surface area contributed by atoms with E-state index in [1.165, 1.54) is 11.3 Å². The molecule has 0 radical (unpaired) electrons. The van der Waals surface area contributed by atoms with Gasteiger partial charge in [-0.05, 0) is 41.3 Å². The first-order chi connectivity index (χ1) is 12.2. The molecule has 6 heteroatoms. The van der Waals surface area contributed by atoms with Gasteiger partial charge in [0.05, 0.1) is 11.4 Å². The van der Waals surface area contributed by atoms with Gasteiger partial charge in [-0.1, -0.05) is 12.1 Å². The number of nitrogens with two attached hydrogens (primary N) is 1. The van der Waals surface area contributed by atoms with Gasteiger partial charge in [0.25, 0.3) is 5.91 Å². The Morgan fingerprint density at radius 3 is 2.84 bits per heavy atom. The van der Waals surface area contributed by atoms with E-state index >= 15 is 0 Å². The molecule has 2 aromatic heterocycles. The molecule has 0 spiro atoms. The summed E-state index contributed by atoms with van der Waals surface area (Å²) < 4.78 is 5.83. The van der Waals surface area contributed by atoms with Crippen LogP contribution >= 0.6 is 11.3 Å². The van der Waals surface area contributed by atoms with Crippen LogP contribution in [0, 0.1) is 0 Å². The summed E-state index contributed by atoms with van der Waals surface area (Å²) in [6.45, 7) is 1.60. The fourth-order valence-electron chi connectivity index (χ4n) is 2.88. The molecule has 2 N–H and O–H groups in total. The summed E-state index contributed by atoms with van der Waals surface area (Å²) in [5.74, 6) is 1.37. The molecule has 1 aliphatic heterocycles. The normalized spacial score (nSPS) is 13.7. The molecule has 0 aliphatic carbocycles. The van der Waals surface area contributed by atoms with Crippen LogP contribution in [0.3, 0.4) is 0 Å². The van der Waals surface area contributed by atoms with Crippen LogP contribution in [0.5, 0.6) is 5.75 Å². The number of carbonyl (C=O) groups is 1. The molecule has 3 aromatic rings. The predicted molar refractivity (Wildman–Crippen MR) is 98.6 cm³/mol. The van der Waals surface area contributed by atoms with E-state index in [1.807, 2.05) is 40.6 Å². The van der Waals surface area contributed by atoms with E-state index in [1.54, 1.807) is 12.3 Å². The van der Waals surface area contributed by atoms with Crippen molar-refractivity contribution in [2.24, 2.45) is 0 Å². The van der Waals surface area contributed by atoms with Crippen LogP contribution in [0.15, 0.2) is 54.0 Å². The highest BCUT2D eigenvalue weighted by atomic mass is 32.1. The van der Waals surface area contributed by atoms with Crippen LogP contribution in [0.25, 0.3) is 11.1 Å². The minimum Gasteiger partial charge on any atom is -0.491 e. The lowest BCUT2D eigenvalue weighted by molar-refractivity contribution is 0.0738. The smallest absolute Gasteiger partial charge is 0.264 e. The summed E-state index contributed by atoms with van der Waals surface area (Å²) in [5, 5.41) is 1.92. The van der Waals surface area contributed by atoms with Gasteiger partial charge in [0.2, 0.25) is 0 Å². The zero-order valence-electron chi connectivity index (χ0n) is 13.5. The zero-order chi connectivity index (χ0) is 17.2. The summed E-state index contributed by atoms with van der Waals surface area (Å²) in [7, 11) is 0. The fourth-order valence-corrected chi connectivity index (χ4v) is 3.57. The Balaban J connectivity index is 1.64. The molecule has 0 saturated heterocycles. The Morgan fingerprint density at radius 1 is 1.20 bits per heavy atom. The molecule has 1 amide bonds. The predicted octanol–water partition coefficient (Wildman–Crippen LogP) is 3.43. The highest BCUT2D eigenvalue weighted by Crippen LogP contribution is 2.30. The van der Waals surface area contributed by atoms with E-state index in [4.69, 9.17) is 10.5 Å². The number of ether oxygens (including phenoxy) is 1. The second kappa shape index (κ2) is 6.57. The zero-order valence-corrected chi connectivity index (χ0v) is 14.3. The number of fused-ring (bicyclic) bond motifs is 1. The molecule has 0 saturated carbocycles. The van der Waals surface area contributed by atoms with Crippen molar-refractivity contribution in [3.05, 3.63) is 64.5 Å². The molecule has 1 aromatic carbocycles. The molecule has 0 fully saturated rings. The SMILES string of the molecule is Nc1ccc(-c2ccc3c(c2)CN(C(=O)c2cccs2)CCO3)cn1. The Labute approximate surface area is 149 Å². The van der Waals surface area contributed by atoms with Crippen molar-refractivity contribution in [3.8, 4) is 16.9 Å². The number of pyridine rings is 1. The lowest BCUT2D eigenvalue weighted by atomic mass is 10.0. The lowest BCUT2D eigenvalue weighted by Gasteiger charge is -2.19. The number of hydrogen-bond donors (Lipinski definition) is 1. The third kappa shape index (κ3) is 3.21. The van der Waals surface area contributed by atoms with Gasteiger partial charge in [0.15, 0.2) is 0 Å². The van der Waals surface area contributed by atoms with Crippen molar-refractivity contribution in [1.29, 1.82) is 0 Å². The van der Waals surface area contributed by atoms with Crippen LogP contribution < -0.4 is 10.5 Å². The third-order valence-electron chi connectivity index (χ3n) is 4.18. The quantitative estimate of drug-likeness (QED) is 0.768. The summed E-state index contributed by atoms with van der Waals surface area (Å²) >= 11 is 1.46. The van der Waals surface area contributed by atoms with E-state index in [-0.39, 0.29) is 5.91 Å². The van der Waals surface area contributed by atoms with Crippen molar-refractivity contribution in [2.45, 2.75) is 6.54 Å². The minimum atomic E-state index is 0.0472. The van der Waals surface area contributed by atoms with Crippen LogP contribution in [-0.4, -0.2) is 28.9 Å². The number of thiophene rings is 1. The first-order valence-corrected chi connectivity index (χ1v) is 8.89. The number of benzene rings is 1. The Kier molecular flexibility index (Phi) is 4.11. The van der Waals surface area contributed by atoms with Gasteiger partial charge in [-0.3, -0.25) is 4.79 Å². The molecule has 5 nitrogen and oxygen atoms in total. The van der Waals surface area contributed by atoms with E-state index in [2.05, 4.69) is 11.1 Å². The first-order valence-electron chi connectivity index (χ1n) is 8.01. The topological polar surface area (TPSA) is 68.5 Å². The van der Waals surface area contributed by atoms with Crippen molar-refractivity contribution < 1.29 is 9.53 Å². The average molecular weight is 351 g/mol. The van der Waals surface area contributed by atoms with Crippen LogP contribution in [0.2, 0.25) is 0 Å². The number of hydrogen-bond acceptors (Lipinski definition) is 5. The number of amides is 1. The highest BCUT2D eigenvalue weighted by molar-refractivity contribution is 7.12. The molecule has 1 aliphatic rings. The van der Waals surface area contributed by atoms with Crippen molar-refractivity contribution in [3.63, 3.8) is 0 Å². The second-order valence-electron chi connectivity index (χ2n) is 5.85. The minimum absolute atomic E-state index is 0.0472. The van der Waals surface area contributed by atoms with E-state index in [0.717, 1.165) is 27.3 Å². The third-order valence-corrected chi connectivity index (χ3v) is 5.04. The summed E-state index contributed by atoms with van der Waals surface area (Å²) in [6.07, 6.45) is 1.75. The van der Waals surface area contributed by atoms with Crippen LogP contribution in [-0.2, 0) is 6.54 Å². The van der Waals surface area contributed by atoms with Crippen molar-refractivity contribution in [1.82, 2.24) is 9.88 Å². The monoisotopic (exact) mass is 351 g/mol. The van der Waals surface area contributed by atoms with E-state index in [0.29, 0.717) is 25.5 Å². The van der Waals surface area contributed by atoms with Gasteiger partial charge in [0.1, 0.15) is 18.2 Å². The van der Waals surface area contributed by atoms with Gasteiger partial charge in [-0.15, -0.1) is 11.3 Å². The number of carbonyl (C=O) groups excluding carboxylic acids is 1. The molecule has 0 atom stereocenters. The number of nitrogens with zero attached hydrogens (tertiary/aromatic N) is 2. The largest absolute Gasteiger partial charge is 0.491 e. The van der Waals surface area contributed by atoms with Gasteiger partial charge < -0.3 is 15.4 Å². The molecule has 0 unspecified atom stereocenters.